The first-order chi connectivity index (χ1) is 16.8. The molecule has 2 aromatic rings. The van der Waals surface area contributed by atoms with E-state index >= 15 is 0 Å². The number of nitrogens with two attached hydrogens (primary N) is 1. The third-order valence-electron chi connectivity index (χ3n) is 8.76. The van der Waals surface area contributed by atoms with Crippen LogP contribution in [0, 0.1) is 41.6 Å². The first kappa shape index (κ1) is 22.7. The number of rotatable bonds is 6. The fourth-order valence-electron chi connectivity index (χ4n) is 7.57. The molecule has 10 heteroatoms. The van der Waals surface area contributed by atoms with Crippen molar-refractivity contribution in [3.8, 4) is 12.3 Å². The van der Waals surface area contributed by atoms with Gasteiger partial charge in [-0.1, -0.05) is 5.92 Å². The first-order valence-corrected chi connectivity index (χ1v) is 12.4. The lowest BCUT2D eigenvalue weighted by Gasteiger charge is -2.57. The van der Waals surface area contributed by atoms with E-state index in [1.165, 1.54) is 49.4 Å². The van der Waals surface area contributed by atoms with E-state index < -0.39 is 24.0 Å². The van der Waals surface area contributed by atoms with Gasteiger partial charge in [0.05, 0.1) is 6.33 Å². The Morgan fingerprint density at radius 2 is 1.94 bits per heavy atom. The standard InChI is InChI=1S/C25H30FN5O4/c1-2-25(12-34-19(33)3-4-24-9-14-5-15(10-24)7-16(6-14)11-24)17(32)8-18(35-25)31-13-28-20-21(27)29-23(26)30-22(20)31/h1,13-18,32H,3-12H2,(H2,27,29,30)/t14?,15?,16?,17-,18+,24?,25+/m0/s1. The van der Waals surface area contributed by atoms with Gasteiger partial charge >= 0.3 is 12.0 Å². The van der Waals surface area contributed by atoms with Crippen LogP contribution in [0.5, 0.6) is 0 Å². The largest absolute Gasteiger partial charge is 0.461 e. The smallest absolute Gasteiger partial charge is 0.312 e. The molecule has 5 aliphatic rings. The minimum atomic E-state index is -1.52. The Labute approximate surface area is 202 Å². The van der Waals surface area contributed by atoms with Gasteiger partial charge in [0.2, 0.25) is 0 Å². The van der Waals surface area contributed by atoms with Gasteiger partial charge in [-0.25, -0.2) is 4.98 Å². The van der Waals surface area contributed by atoms with Crippen LogP contribution in [0.4, 0.5) is 10.2 Å². The maximum Gasteiger partial charge on any atom is 0.312 e. The molecule has 4 saturated carbocycles. The summed E-state index contributed by atoms with van der Waals surface area (Å²) in [6.07, 6.45) is 13.3. The molecule has 1 saturated heterocycles. The van der Waals surface area contributed by atoms with Crippen LogP contribution in [0.25, 0.3) is 11.2 Å². The van der Waals surface area contributed by atoms with E-state index in [9.17, 15) is 14.3 Å². The highest BCUT2D eigenvalue weighted by Crippen LogP contribution is 2.61. The number of nitrogens with zero attached hydrogens (tertiary/aromatic N) is 4. The van der Waals surface area contributed by atoms with Gasteiger partial charge in [-0.05, 0) is 68.1 Å². The highest BCUT2D eigenvalue weighted by atomic mass is 19.1. The van der Waals surface area contributed by atoms with Crippen LogP contribution in [0.1, 0.15) is 64.0 Å². The molecule has 0 spiro atoms. The Bertz CT molecular complexity index is 1170. The Kier molecular flexibility index (Phi) is 5.27. The molecule has 9 nitrogen and oxygen atoms in total. The normalized spacial score (nSPS) is 37.6. The van der Waals surface area contributed by atoms with E-state index in [2.05, 4.69) is 20.9 Å². The minimum absolute atomic E-state index is 0.0893. The van der Waals surface area contributed by atoms with Crippen molar-refractivity contribution >= 4 is 23.0 Å². The van der Waals surface area contributed by atoms with Crippen molar-refractivity contribution in [3.05, 3.63) is 12.4 Å². The van der Waals surface area contributed by atoms with E-state index in [0.717, 1.165) is 24.2 Å². The molecule has 0 radical (unpaired) electrons. The number of hydrogen-bond acceptors (Lipinski definition) is 8. The third-order valence-corrected chi connectivity index (χ3v) is 8.76. The number of nitrogen functional groups attached to an aromatic ring is 1. The predicted molar refractivity (Wildman–Crippen MR) is 123 cm³/mol. The third kappa shape index (κ3) is 3.85. The average molecular weight is 484 g/mol. The van der Waals surface area contributed by atoms with Crippen LogP contribution in [0.15, 0.2) is 6.33 Å². The summed E-state index contributed by atoms with van der Waals surface area (Å²) in [5.41, 5.74) is 4.85. The fraction of sp³-hybridized carbons (Fsp3) is 0.680. The van der Waals surface area contributed by atoms with Crippen molar-refractivity contribution in [2.45, 2.75) is 75.7 Å². The van der Waals surface area contributed by atoms with Gasteiger partial charge in [-0.3, -0.25) is 9.36 Å². The number of fused-ring (bicyclic) bond motifs is 1. The molecule has 35 heavy (non-hydrogen) atoms. The van der Waals surface area contributed by atoms with Crippen molar-refractivity contribution in [1.29, 1.82) is 0 Å². The Morgan fingerprint density at radius 3 is 2.60 bits per heavy atom. The second-order valence-electron chi connectivity index (χ2n) is 11.1. The molecule has 5 fully saturated rings. The fourth-order valence-corrected chi connectivity index (χ4v) is 7.57. The lowest BCUT2D eigenvalue weighted by Crippen LogP contribution is -2.46. The number of ether oxygens (including phenoxy) is 2. The monoisotopic (exact) mass is 483 g/mol. The van der Waals surface area contributed by atoms with Gasteiger partial charge < -0.3 is 20.3 Å². The molecule has 4 bridgehead atoms. The SMILES string of the molecule is C#C[C@]1(COC(=O)CCC23CC4CC(CC(C4)C2)C3)O[C@@H](n2cnc3c(N)nc(F)nc32)C[C@@H]1O. The highest BCUT2D eigenvalue weighted by Gasteiger charge is 2.51. The molecular formula is C25H30FN5O4. The topological polar surface area (TPSA) is 125 Å². The van der Waals surface area contributed by atoms with Gasteiger partial charge in [-0.2, -0.15) is 14.4 Å². The summed E-state index contributed by atoms with van der Waals surface area (Å²) in [6.45, 7) is -0.265. The molecule has 0 unspecified atom stereocenters. The van der Waals surface area contributed by atoms with Gasteiger partial charge in [0.25, 0.3) is 0 Å². The number of carbonyl (C=O) groups excluding carboxylic acids is 1. The summed E-state index contributed by atoms with van der Waals surface area (Å²) in [4.78, 5) is 24.1. The highest BCUT2D eigenvalue weighted by molar-refractivity contribution is 5.81. The number of aromatic nitrogens is 4. The molecule has 0 amide bonds. The zero-order chi connectivity index (χ0) is 24.4. The Hall–Kier alpha value is -2.77. The lowest BCUT2D eigenvalue weighted by molar-refractivity contribution is -0.158. The molecule has 2 aromatic heterocycles. The number of aliphatic hydroxyl groups is 1. The van der Waals surface area contributed by atoms with E-state index in [0.29, 0.717) is 6.42 Å². The molecule has 1 aliphatic heterocycles. The van der Waals surface area contributed by atoms with Crippen LogP contribution in [0.3, 0.4) is 0 Å². The summed E-state index contributed by atoms with van der Waals surface area (Å²) in [6, 6.07) is 0. The average Bonchev–Trinajstić information content (AvgIpc) is 3.37. The van der Waals surface area contributed by atoms with Gasteiger partial charge in [0.1, 0.15) is 18.9 Å². The van der Waals surface area contributed by atoms with Crippen molar-refractivity contribution in [2.24, 2.45) is 23.2 Å². The summed E-state index contributed by atoms with van der Waals surface area (Å²) in [5, 5.41) is 10.8. The van der Waals surface area contributed by atoms with Crippen molar-refractivity contribution in [1.82, 2.24) is 19.5 Å². The minimum Gasteiger partial charge on any atom is -0.461 e. The van der Waals surface area contributed by atoms with Gasteiger partial charge in [-0.15, -0.1) is 6.42 Å². The van der Waals surface area contributed by atoms with Crippen LogP contribution in [0.2, 0.25) is 0 Å². The molecule has 0 aromatic carbocycles. The Balaban J connectivity index is 1.10. The quantitative estimate of drug-likeness (QED) is 0.365. The number of halogens is 1. The lowest BCUT2D eigenvalue weighted by atomic mass is 9.48. The van der Waals surface area contributed by atoms with Crippen LogP contribution >= 0.6 is 0 Å². The number of esters is 1. The zero-order valence-corrected chi connectivity index (χ0v) is 19.5. The summed E-state index contributed by atoms with van der Waals surface area (Å²) in [5.74, 6) is 4.54. The maximum atomic E-state index is 13.7. The number of aliphatic hydroxyl groups excluding tert-OH is 1. The Morgan fingerprint density at radius 1 is 1.26 bits per heavy atom. The summed E-state index contributed by atoms with van der Waals surface area (Å²) >= 11 is 0. The zero-order valence-electron chi connectivity index (χ0n) is 19.5. The number of imidazole rings is 1. The van der Waals surface area contributed by atoms with Crippen LogP contribution < -0.4 is 5.73 Å². The molecule has 3 N–H and O–H groups in total. The first-order valence-electron chi connectivity index (χ1n) is 12.4. The second kappa shape index (κ2) is 8.14. The maximum absolute atomic E-state index is 13.7. The van der Waals surface area contributed by atoms with Gasteiger partial charge in [0, 0.05) is 12.8 Å². The van der Waals surface area contributed by atoms with E-state index in [-0.39, 0.29) is 41.4 Å². The molecule has 4 aliphatic carbocycles. The van der Waals surface area contributed by atoms with E-state index in [1.54, 1.807) is 0 Å². The van der Waals surface area contributed by atoms with E-state index in [4.69, 9.17) is 21.6 Å². The van der Waals surface area contributed by atoms with Crippen molar-refractivity contribution in [2.75, 3.05) is 12.3 Å². The number of carbonyl (C=O) groups is 1. The molecule has 3 atom stereocenters. The number of anilines is 1. The van der Waals surface area contributed by atoms with Crippen LogP contribution in [-0.4, -0.2) is 48.9 Å². The van der Waals surface area contributed by atoms with Crippen molar-refractivity contribution in [3.63, 3.8) is 0 Å². The number of terminal acetylenes is 1. The molecular weight excluding hydrogens is 453 g/mol. The molecule has 7 rings (SSSR count). The van der Waals surface area contributed by atoms with Crippen LogP contribution in [-0.2, 0) is 14.3 Å². The summed E-state index contributed by atoms with van der Waals surface area (Å²) < 4.78 is 26.7. The van der Waals surface area contributed by atoms with Gasteiger partial charge in [0.15, 0.2) is 22.6 Å². The number of hydrogen-bond donors (Lipinski definition) is 2. The second-order valence-corrected chi connectivity index (χ2v) is 11.1. The predicted octanol–water partition coefficient (Wildman–Crippen LogP) is 2.74. The summed E-state index contributed by atoms with van der Waals surface area (Å²) in [7, 11) is 0. The van der Waals surface area contributed by atoms with Crippen molar-refractivity contribution < 1.29 is 23.8 Å². The van der Waals surface area contributed by atoms with E-state index in [1.807, 2.05) is 0 Å². The molecule has 3 heterocycles. The molecule has 186 valence electrons.